The van der Waals surface area contributed by atoms with Gasteiger partial charge in [0.25, 0.3) is 0 Å². The third-order valence-corrected chi connectivity index (χ3v) is 7.02. The van der Waals surface area contributed by atoms with Gasteiger partial charge in [0.05, 0.1) is 29.5 Å². The topological polar surface area (TPSA) is 136 Å². The van der Waals surface area contributed by atoms with Crippen LogP contribution in [-0.4, -0.2) is 90.6 Å². The Morgan fingerprint density at radius 3 is 2.70 bits per heavy atom. The molecule has 11 heteroatoms. The van der Waals surface area contributed by atoms with Crippen molar-refractivity contribution in [3.63, 3.8) is 0 Å². The number of anilines is 3. The minimum atomic E-state index is -0.989. The van der Waals surface area contributed by atoms with E-state index in [1.807, 2.05) is 19.0 Å². The van der Waals surface area contributed by atoms with E-state index in [-0.39, 0.29) is 17.9 Å². The molecule has 11 nitrogen and oxygen atoms in total. The van der Waals surface area contributed by atoms with Crippen molar-refractivity contribution in [1.82, 2.24) is 25.1 Å². The average Bonchev–Trinajstić information content (AvgIpc) is 3.36. The van der Waals surface area contributed by atoms with Crippen molar-refractivity contribution in [3.8, 4) is 17.9 Å². The Hall–Kier alpha value is -4.45. The molecule has 0 spiro atoms. The van der Waals surface area contributed by atoms with Gasteiger partial charge in [0.1, 0.15) is 11.4 Å². The van der Waals surface area contributed by atoms with Crippen LogP contribution in [0.4, 0.5) is 17.5 Å². The van der Waals surface area contributed by atoms with Gasteiger partial charge >= 0.3 is 0 Å². The van der Waals surface area contributed by atoms with Crippen LogP contribution < -0.4 is 16.0 Å². The van der Waals surface area contributed by atoms with Crippen molar-refractivity contribution < 1.29 is 14.3 Å². The van der Waals surface area contributed by atoms with Crippen molar-refractivity contribution in [2.45, 2.75) is 51.2 Å². The van der Waals surface area contributed by atoms with Gasteiger partial charge in [-0.05, 0) is 58.1 Å². The quantitative estimate of drug-likeness (QED) is 0.184. The Morgan fingerprint density at radius 2 is 2.02 bits per heavy atom. The second-order valence-electron chi connectivity index (χ2n) is 10.8. The normalized spacial score (nSPS) is 17.8. The fraction of sp³-hybridized carbons (Fsp3) is 0.469. The fourth-order valence-corrected chi connectivity index (χ4v) is 4.58. The lowest BCUT2D eigenvalue weighted by atomic mass is 9.96. The smallest absolute Gasteiger partial charge is 0.247 e. The van der Waals surface area contributed by atoms with Gasteiger partial charge in [0.2, 0.25) is 17.8 Å². The molecule has 0 unspecified atom stereocenters. The highest BCUT2D eigenvalue weighted by molar-refractivity contribution is 5.96. The zero-order valence-corrected chi connectivity index (χ0v) is 25.7. The number of aromatic nitrogens is 2. The zero-order chi connectivity index (χ0) is 31.2. The molecule has 2 heterocycles. The number of benzene rings is 1. The third-order valence-electron chi connectivity index (χ3n) is 7.02. The number of ether oxygens (including phenoxy) is 1. The number of amides is 2. The minimum absolute atomic E-state index is 0.195. The molecule has 228 valence electrons. The maximum atomic E-state index is 13.2. The summed E-state index contributed by atoms with van der Waals surface area (Å²) in [7, 11) is 5.46. The van der Waals surface area contributed by atoms with Gasteiger partial charge in [0.15, 0.2) is 0 Å². The molecular formula is C32H42N8O3. The number of nitriles is 1. The first-order valence-corrected chi connectivity index (χ1v) is 14.5. The summed E-state index contributed by atoms with van der Waals surface area (Å²) in [6.07, 6.45) is 7.38. The summed E-state index contributed by atoms with van der Waals surface area (Å²) in [4.78, 5) is 38.7. The van der Waals surface area contributed by atoms with Crippen molar-refractivity contribution >= 4 is 29.3 Å². The van der Waals surface area contributed by atoms with Gasteiger partial charge in [0, 0.05) is 57.9 Å². The molecule has 43 heavy (non-hydrogen) atoms. The van der Waals surface area contributed by atoms with E-state index in [0.717, 1.165) is 18.7 Å². The summed E-state index contributed by atoms with van der Waals surface area (Å²) in [5.41, 5.74) is 1.05. The highest BCUT2D eigenvalue weighted by Gasteiger charge is 2.49. The Morgan fingerprint density at radius 1 is 1.26 bits per heavy atom. The van der Waals surface area contributed by atoms with E-state index in [2.05, 4.69) is 50.8 Å². The molecule has 1 fully saturated rings. The van der Waals surface area contributed by atoms with Crippen molar-refractivity contribution in [2.75, 3.05) is 58.0 Å². The summed E-state index contributed by atoms with van der Waals surface area (Å²) in [5.74, 6) is 6.98. The monoisotopic (exact) mass is 586 g/mol. The van der Waals surface area contributed by atoms with Gasteiger partial charge in [-0.3, -0.25) is 9.59 Å². The molecule has 2 amide bonds. The lowest BCUT2D eigenvalue weighted by Gasteiger charge is -2.32. The molecular weight excluding hydrogens is 544 g/mol. The summed E-state index contributed by atoms with van der Waals surface area (Å²) < 4.78 is 5.50. The predicted octanol–water partition coefficient (Wildman–Crippen LogP) is 3.29. The van der Waals surface area contributed by atoms with Crippen molar-refractivity contribution in [1.29, 1.82) is 5.26 Å². The molecule has 3 rings (SSSR count). The van der Waals surface area contributed by atoms with E-state index in [1.165, 1.54) is 6.08 Å². The number of likely N-dealkylation sites (tertiary alicyclic amines) is 1. The first kappa shape index (κ1) is 33.1. The SMILES string of the molecule is CCCNc1nc(Nc2ccc(C#N)cc2)ncc1C#CCCCNC(=O)[C@]1(C)C[C@H](OC)CN1C(=O)/C=C/CN(C)C. The third kappa shape index (κ3) is 9.53. The lowest BCUT2D eigenvalue weighted by molar-refractivity contribution is -0.141. The molecule has 2 atom stereocenters. The largest absolute Gasteiger partial charge is 0.380 e. The summed E-state index contributed by atoms with van der Waals surface area (Å²) >= 11 is 0. The van der Waals surface area contributed by atoms with Crippen LogP contribution in [0, 0.1) is 23.2 Å². The summed E-state index contributed by atoms with van der Waals surface area (Å²) in [6, 6.07) is 9.16. The van der Waals surface area contributed by atoms with E-state index in [0.29, 0.717) is 61.8 Å². The molecule has 0 radical (unpaired) electrons. The van der Waals surface area contributed by atoms with E-state index < -0.39 is 5.54 Å². The number of rotatable bonds is 13. The van der Waals surface area contributed by atoms with E-state index in [1.54, 1.807) is 55.5 Å². The Labute approximate surface area is 254 Å². The van der Waals surface area contributed by atoms with Crippen LogP contribution in [0.1, 0.15) is 50.7 Å². The number of carbonyl (C=O) groups excluding carboxylic acids is 2. The molecule has 0 bridgehead atoms. The number of methoxy groups -OCH3 is 1. The van der Waals surface area contributed by atoms with Crippen molar-refractivity contribution in [3.05, 3.63) is 53.7 Å². The first-order chi connectivity index (χ1) is 20.7. The number of carbonyl (C=O) groups is 2. The Balaban J connectivity index is 1.57. The molecule has 1 aromatic heterocycles. The van der Waals surface area contributed by atoms with E-state index in [4.69, 9.17) is 10.00 Å². The molecule has 1 aromatic carbocycles. The van der Waals surface area contributed by atoms with Crippen LogP contribution in [0.3, 0.4) is 0 Å². The highest BCUT2D eigenvalue weighted by Crippen LogP contribution is 2.31. The van der Waals surface area contributed by atoms with Crippen LogP contribution in [0.25, 0.3) is 0 Å². The van der Waals surface area contributed by atoms with Gasteiger partial charge in [-0.2, -0.15) is 10.2 Å². The Kier molecular flexibility index (Phi) is 12.5. The van der Waals surface area contributed by atoms with Gasteiger partial charge in [-0.1, -0.05) is 24.8 Å². The van der Waals surface area contributed by atoms with Gasteiger partial charge < -0.3 is 30.5 Å². The number of unbranched alkanes of at least 4 members (excludes halogenated alkanes) is 1. The fourth-order valence-electron chi connectivity index (χ4n) is 4.58. The molecule has 0 saturated carbocycles. The highest BCUT2D eigenvalue weighted by atomic mass is 16.5. The summed E-state index contributed by atoms with van der Waals surface area (Å²) in [5, 5.41) is 18.4. The van der Waals surface area contributed by atoms with Crippen LogP contribution in [0.2, 0.25) is 0 Å². The second-order valence-corrected chi connectivity index (χ2v) is 10.8. The number of likely N-dealkylation sites (N-methyl/N-ethyl adjacent to an activating group) is 1. The van der Waals surface area contributed by atoms with E-state index >= 15 is 0 Å². The number of hydrogen-bond acceptors (Lipinski definition) is 9. The lowest BCUT2D eigenvalue weighted by Crippen LogP contribution is -2.55. The predicted molar refractivity (Wildman–Crippen MR) is 168 cm³/mol. The molecule has 0 aliphatic carbocycles. The van der Waals surface area contributed by atoms with Crippen LogP contribution in [0.5, 0.6) is 0 Å². The van der Waals surface area contributed by atoms with Crippen LogP contribution in [-0.2, 0) is 14.3 Å². The van der Waals surface area contributed by atoms with Gasteiger partial charge in [-0.25, -0.2) is 4.98 Å². The van der Waals surface area contributed by atoms with Crippen LogP contribution >= 0.6 is 0 Å². The van der Waals surface area contributed by atoms with Crippen LogP contribution in [0.15, 0.2) is 42.6 Å². The van der Waals surface area contributed by atoms with E-state index in [9.17, 15) is 9.59 Å². The molecule has 1 saturated heterocycles. The van der Waals surface area contributed by atoms with Crippen molar-refractivity contribution in [2.24, 2.45) is 0 Å². The first-order valence-electron chi connectivity index (χ1n) is 14.5. The number of nitrogens with one attached hydrogen (secondary N) is 3. The molecule has 1 aliphatic heterocycles. The molecule has 3 N–H and O–H groups in total. The number of nitrogens with zero attached hydrogens (tertiary/aromatic N) is 5. The standard InChI is InChI=1S/C32H42N8O3/c1-6-17-34-29-25(22-36-31(38-29)37-26-15-13-24(21-33)14-16-26)11-8-7-9-18-35-30(42)32(2)20-27(43-5)23-40(32)28(41)12-10-19-39(3)4/h10,12-16,22,27H,6-7,9,17-20,23H2,1-5H3,(H,35,42)(H2,34,36,37,38)/b12-10+/t27-,32-/m0/s1. The zero-order valence-electron chi connectivity index (χ0n) is 25.7. The second kappa shape index (κ2) is 16.3. The Bertz CT molecular complexity index is 1370. The molecule has 2 aromatic rings. The maximum Gasteiger partial charge on any atom is 0.247 e. The molecule has 1 aliphatic rings. The summed E-state index contributed by atoms with van der Waals surface area (Å²) in [6.45, 7) is 6.05. The maximum absolute atomic E-state index is 13.2. The number of hydrogen-bond donors (Lipinski definition) is 3. The van der Waals surface area contributed by atoms with Gasteiger partial charge in [-0.15, -0.1) is 0 Å². The average molecular weight is 587 g/mol. The minimum Gasteiger partial charge on any atom is -0.380 e.